The number of hydrogen-bond donors (Lipinski definition) is 0. The van der Waals surface area contributed by atoms with Crippen LogP contribution in [0.25, 0.3) is 0 Å². The van der Waals surface area contributed by atoms with Crippen molar-refractivity contribution in [3.63, 3.8) is 0 Å². The number of rotatable bonds is 0. The topological polar surface area (TPSA) is 12.4 Å². The van der Waals surface area contributed by atoms with Gasteiger partial charge in [-0.05, 0) is 25.8 Å². The highest BCUT2D eigenvalue weighted by Gasteiger charge is 1.84. The predicted molar refractivity (Wildman–Crippen MR) is 40.6 cm³/mol. The third kappa shape index (κ3) is 2.27. The summed E-state index contributed by atoms with van der Waals surface area (Å²) in [6.45, 7) is 2.02. The summed E-state index contributed by atoms with van der Waals surface area (Å²) in [7, 11) is 0. The quantitative estimate of drug-likeness (QED) is 0.466. The molecule has 0 unspecified atom stereocenters. The number of allylic oxidation sites excluding steroid dienone is 4. The van der Waals surface area contributed by atoms with E-state index in [-0.39, 0.29) is 0 Å². The fourth-order valence-corrected chi connectivity index (χ4v) is 0.759. The highest BCUT2D eigenvalue weighted by atomic mass is 14.7. The molecular weight excluding hydrogens is 110 g/mol. The maximum atomic E-state index is 4.13. The van der Waals surface area contributed by atoms with Gasteiger partial charge in [0.15, 0.2) is 0 Å². The first kappa shape index (κ1) is 6.27. The molecule has 1 nitrogen and oxygen atoms in total. The monoisotopic (exact) mass is 121 g/mol. The van der Waals surface area contributed by atoms with Crippen LogP contribution in [-0.2, 0) is 0 Å². The van der Waals surface area contributed by atoms with Crippen LogP contribution in [0.3, 0.4) is 0 Å². The largest absolute Gasteiger partial charge is 0.262 e. The molecule has 0 aromatic carbocycles. The van der Waals surface area contributed by atoms with Crippen LogP contribution in [-0.4, -0.2) is 6.21 Å². The molecule has 0 fully saturated rings. The lowest BCUT2D eigenvalue weighted by atomic mass is 10.2. The Morgan fingerprint density at radius 1 is 1.44 bits per heavy atom. The van der Waals surface area contributed by atoms with E-state index in [1.807, 2.05) is 19.2 Å². The molecule has 0 atom stereocenters. The number of nitrogens with zero attached hydrogens (tertiary/aromatic N) is 1. The van der Waals surface area contributed by atoms with Crippen molar-refractivity contribution in [2.45, 2.75) is 19.8 Å². The van der Waals surface area contributed by atoms with Crippen molar-refractivity contribution in [1.82, 2.24) is 0 Å². The standard InChI is InChI=1S/C8H11N/c1-8-6-4-2-3-5-7-9-8/h3,5-7H,2,4H2,1H3/b5-3+,8-6-,9-7-. The molecule has 1 heterocycles. The van der Waals surface area contributed by atoms with Gasteiger partial charge in [-0.25, -0.2) is 0 Å². The Balaban J connectivity index is 2.64. The van der Waals surface area contributed by atoms with Crippen LogP contribution in [0.2, 0.25) is 0 Å². The number of hydrogen-bond acceptors (Lipinski definition) is 1. The third-order valence-corrected chi connectivity index (χ3v) is 1.27. The summed E-state index contributed by atoms with van der Waals surface area (Å²) in [6.07, 6.45) is 10.4. The molecule has 48 valence electrons. The molecule has 9 heavy (non-hydrogen) atoms. The summed E-state index contributed by atoms with van der Waals surface area (Å²) < 4.78 is 0. The van der Waals surface area contributed by atoms with E-state index in [0.29, 0.717) is 0 Å². The molecule has 1 heteroatoms. The van der Waals surface area contributed by atoms with E-state index in [0.717, 1.165) is 18.5 Å². The van der Waals surface area contributed by atoms with Gasteiger partial charge in [-0.3, -0.25) is 4.99 Å². The van der Waals surface area contributed by atoms with Gasteiger partial charge in [-0.15, -0.1) is 0 Å². The average Bonchev–Trinajstić information content (AvgIpc) is 1.79. The van der Waals surface area contributed by atoms with Crippen molar-refractivity contribution in [1.29, 1.82) is 0 Å². The maximum Gasteiger partial charge on any atom is 0.0332 e. The van der Waals surface area contributed by atoms with Crippen molar-refractivity contribution < 1.29 is 0 Å². The van der Waals surface area contributed by atoms with Crippen molar-refractivity contribution >= 4 is 6.21 Å². The van der Waals surface area contributed by atoms with Crippen LogP contribution < -0.4 is 0 Å². The molecule has 0 aliphatic carbocycles. The van der Waals surface area contributed by atoms with E-state index in [1.165, 1.54) is 0 Å². The maximum absolute atomic E-state index is 4.13. The van der Waals surface area contributed by atoms with Crippen molar-refractivity contribution in [2.75, 3.05) is 0 Å². The molecule has 0 radical (unpaired) electrons. The fraction of sp³-hybridized carbons (Fsp3) is 0.375. The van der Waals surface area contributed by atoms with E-state index in [1.54, 1.807) is 0 Å². The fourth-order valence-electron chi connectivity index (χ4n) is 0.759. The zero-order valence-corrected chi connectivity index (χ0v) is 5.67. The van der Waals surface area contributed by atoms with Gasteiger partial charge in [0.25, 0.3) is 0 Å². The van der Waals surface area contributed by atoms with Gasteiger partial charge in [0, 0.05) is 11.9 Å². The Kier molecular flexibility index (Phi) is 2.25. The lowest BCUT2D eigenvalue weighted by Gasteiger charge is -1.93. The van der Waals surface area contributed by atoms with Crippen molar-refractivity contribution in [3.05, 3.63) is 23.9 Å². The second-order valence-electron chi connectivity index (χ2n) is 2.13. The Morgan fingerprint density at radius 3 is 3.22 bits per heavy atom. The molecule has 0 N–H and O–H groups in total. The van der Waals surface area contributed by atoms with E-state index in [9.17, 15) is 0 Å². The van der Waals surface area contributed by atoms with Crippen molar-refractivity contribution in [2.24, 2.45) is 4.99 Å². The van der Waals surface area contributed by atoms with E-state index in [4.69, 9.17) is 0 Å². The van der Waals surface area contributed by atoms with E-state index < -0.39 is 0 Å². The molecule has 0 aromatic rings. The predicted octanol–water partition coefficient (Wildman–Crippen LogP) is 2.31. The zero-order valence-electron chi connectivity index (χ0n) is 5.67. The summed E-state index contributed by atoms with van der Waals surface area (Å²) in [5.74, 6) is 0. The SMILES string of the molecule is CC1=C/CC/C=C/C=N\1. The van der Waals surface area contributed by atoms with Crippen LogP contribution >= 0.6 is 0 Å². The first-order valence-corrected chi connectivity index (χ1v) is 3.25. The highest BCUT2D eigenvalue weighted by molar-refractivity contribution is 5.72. The summed E-state index contributed by atoms with van der Waals surface area (Å²) >= 11 is 0. The van der Waals surface area contributed by atoms with E-state index >= 15 is 0 Å². The summed E-state index contributed by atoms with van der Waals surface area (Å²) in [5, 5.41) is 0. The minimum absolute atomic E-state index is 1.12. The Labute approximate surface area is 55.8 Å². The molecule has 0 aromatic heterocycles. The van der Waals surface area contributed by atoms with Gasteiger partial charge in [-0.1, -0.05) is 12.2 Å². The minimum atomic E-state index is 1.12. The van der Waals surface area contributed by atoms with Crippen LogP contribution in [0.5, 0.6) is 0 Å². The molecule has 1 aliphatic heterocycles. The smallest absolute Gasteiger partial charge is 0.0332 e. The summed E-state index contributed by atoms with van der Waals surface area (Å²) in [4.78, 5) is 4.13. The van der Waals surface area contributed by atoms with Gasteiger partial charge in [-0.2, -0.15) is 0 Å². The lowest BCUT2D eigenvalue weighted by Crippen LogP contribution is -1.76. The first-order valence-electron chi connectivity index (χ1n) is 3.25. The normalized spacial score (nSPS) is 31.4. The van der Waals surface area contributed by atoms with Crippen LogP contribution in [0.4, 0.5) is 0 Å². The molecule has 0 saturated carbocycles. The summed E-state index contributed by atoms with van der Waals surface area (Å²) in [6, 6.07) is 0. The summed E-state index contributed by atoms with van der Waals surface area (Å²) in [5.41, 5.74) is 1.12. The van der Waals surface area contributed by atoms with Gasteiger partial charge < -0.3 is 0 Å². The van der Waals surface area contributed by atoms with Gasteiger partial charge in [0.1, 0.15) is 0 Å². The average molecular weight is 121 g/mol. The van der Waals surface area contributed by atoms with Crippen molar-refractivity contribution in [3.8, 4) is 0 Å². The van der Waals surface area contributed by atoms with Crippen LogP contribution in [0.1, 0.15) is 19.8 Å². The second kappa shape index (κ2) is 3.23. The highest BCUT2D eigenvalue weighted by Crippen LogP contribution is 2.02. The molecule has 0 saturated heterocycles. The molecule has 0 bridgehead atoms. The third-order valence-electron chi connectivity index (χ3n) is 1.27. The second-order valence-corrected chi connectivity index (χ2v) is 2.13. The van der Waals surface area contributed by atoms with Crippen LogP contribution in [0.15, 0.2) is 28.9 Å². The lowest BCUT2D eigenvalue weighted by molar-refractivity contribution is 1.03. The van der Waals surface area contributed by atoms with Gasteiger partial charge >= 0.3 is 0 Å². The van der Waals surface area contributed by atoms with Gasteiger partial charge in [0.05, 0.1) is 0 Å². The molecule has 1 rings (SSSR count). The minimum Gasteiger partial charge on any atom is -0.262 e. The Morgan fingerprint density at radius 2 is 2.33 bits per heavy atom. The molecular formula is C8H11N. The molecule has 1 aliphatic rings. The number of aliphatic imine (C=N–C) groups is 1. The van der Waals surface area contributed by atoms with Gasteiger partial charge in [0.2, 0.25) is 0 Å². The van der Waals surface area contributed by atoms with Crippen LogP contribution in [0, 0.1) is 0 Å². The molecule has 0 spiro atoms. The first-order chi connectivity index (χ1) is 4.39. The zero-order chi connectivity index (χ0) is 6.53. The Hall–Kier alpha value is -0.850. The molecule has 0 amide bonds. The Bertz CT molecular complexity index is 163. The van der Waals surface area contributed by atoms with E-state index in [2.05, 4.69) is 17.1 Å².